The molecule has 0 aliphatic heterocycles. The minimum Gasteiger partial charge on any atom is -0.478 e. The van der Waals surface area contributed by atoms with E-state index in [0.29, 0.717) is 6.54 Å². The molecule has 1 amide bonds. The summed E-state index contributed by atoms with van der Waals surface area (Å²) in [4.78, 5) is 30.7. The topological polar surface area (TPSA) is 83.7 Å². The predicted octanol–water partition coefficient (Wildman–Crippen LogP) is 6.91. The van der Waals surface area contributed by atoms with Gasteiger partial charge in [-0.1, -0.05) is 29.8 Å². The summed E-state index contributed by atoms with van der Waals surface area (Å²) >= 11 is 1.73. The first-order valence-corrected chi connectivity index (χ1v) is 13.7. The summed E-state index contributed by atoms with van der Waals surface area (Å²) in [7, 11) is 0. The number of nitrogens with zero attached hydrogens (tertiary/aromatic N) is 2. The highest BCUT2D eigenvalue weighted by atomic mass is 32.1. The van der Waals surface area contributed by atoms with Crippen LogP contribution in [-0.2, 0) is 19.4 Å². The van der Waals surface area contributed by atoms with Crippen LogP contribution < -0.4 is 5.32 Å². The first-order chi connectivity index (χ1) is 18.3. The number of nitrogens with one attached hydrogen (secondary N) is 1. The SMILES string of the molecule is Cc1ccc(NC(=O)c2c(-n3c(C)cc(C=NCc4ccc(C(=O)O)cc4)c3C)sc3c2CCCC3)cc1. The van der Waals surface area contributed by atoms with E-state index in [9.17, 15) is 9.59 Å². The first-order valence-electron chi connectivity index (χ1n) is 12.9. The van der Waals surface area contributed by atoms with Gasteiger partial charge in [-0.15, -0.1) is 11.3 Å². The number of hydrogen-bond donors (Lipinski definition) is 2. The Morgan fingerprint density at radius 3 is 2.45 bits per heavy atom. The zero-order chi connectivity index (χ0) is 26.8. The molecule has 0 fully saturated rings. The van der Waals surface area contributed by atoms with E-state index in [0.717, 1.165) is 70.0 Å². The lowest BCUT2D eigenvalue weighted by atomic mass is 9.95. The van der Waals surface area contributed by atoms with Crippen LogP contribution in [0.2, 0.25) is 0 Å². The molecule has 2 aromatic carbocycles. The second-order valence-corrected chi connectivity index (χ2v) is 10.9. The summed E-state index contributed by atoms with van der Waals surface area (Å²) in [5.41, 5.74) is 8.23. The number of amides is 1. The summed E-state index contributed by atoms with van der Waals surface area (Å²) in [6.45, 7) is 6.62. The van der Waals surface area contributed by atoms with E-state index in [2.05, 4.69) is 34.8 Å². The summed E-state index contributed by atoms with van der Waals surface area (Å²) in [5, 5.41) is 13.2. The number of aryl methyl sites for hydroxylation is 3. The van der Waals surface area contributed by atoms with Crippen molar-refractivity contribution in [2.75, 3.05) is 5.32 Å². The Labute approximate surface area is 226 Å². The van der Waals surface area contributed by atoms with Gasteiger partial charge in [0.05, 0.1) is 17.7 Å². The van der Waals surface area contributed by atoms with Crippen LogP contribution >= 0.6 is 11.3 Å². The summed E-state index contributed by atoms with van der Waals surface area (Å²) in [5.74, 6) is -0.995. The smallest absolute Gasteiger partial charge is 0.335 e. The third-order valence-corrected chi connectivity index (χ3v) is 8.34. The van der Waals surface area contributed by atoms with E-state index in [-0.39, 0.29) is 11.5 Å². The molecule has 38 heavy (non-hydrogen) atoms. The summed E-state index contributed by atoms with van der Waals surface area (Å²) < 4.78 is 2.19. The monoisotopic (exact) mass is 525 g/mol. The van der Waals surface area contributed by atoms with Crippen LogP contribution in [0, 0.1) is 20.8 Å². The van der Waals surface area contributed by atoms with Crippen LogP contribution in [0.5, 0.6) is 0 Å². The second kappa shape index (κ2) is 10.8. The number of hydrogen-bond acceptors (Lipinski definition) is 4. The van der Waals surface area contributed by atoms with Crippen LogP contribution in [0.1, 0.15) is 72.1 Å². The van der Waals surface area contributed by atoms with Gasteiger partial charge in [0, 0.05) is 33.7 Å². The van der Waals surface area contributed by atoms with Crippen LogP contribution in [0.25, 0.3) is 5.00 Å². The Kier molecular flexibility index (Phi) is 7.29. The molecule has 1 aliphatic carbocycles. The Morgan fingerprint density at radius 2 is 1.74 bits per heavy atom. The maximum atomic E-state index is 13.7. The Hall–Kier alpha value is -3.97. The van der Waals surface area contributed by atoms with Crippen molar-refractivity contribution in [2.24, 2.45) is 4.99 Å². The van der Waals surface area contributed by atoms with Crippen molar-refractivity contribution < 1.29 is 14.7 Å². The molecule has 0 saturated carbocycles. The van der Waals surface area contributed by atoms with Crippen molar-refractivity contribution in [2.45, 2.75) is 53.0 Å². The molecule has 0 bridgehead atoms. The van der Waals surface area contributed by atoms with Crippen molar-refractivity contribution in [1.29, 1.82) is 0 Å². The molecular weight excluding hydrogens is 494 g/mol. The first kappa shape index (κ1) is 25.7. The lowest BCUT2D eigenvalue weighted by Crippen LogP contribution is -2.17. The van der Waals surface area contributed by atoms with Gasteiger partial charge in [-0.25, -0.2) is 4.79 Å². The molecule has 0 spiro atoms. The van der Waals surface area contributed by atoms with Gasteiger partial charge in [-0.3, -0.25) is 9.79 Å². The van der Waals surface area contributed by atoms with Gasteiger partial charge in [-0.2, -0.15) is 0 Å². The molecule has 2 heterocycles. The molecule has 0 unspecified atom stereocenters. The molecular formula is C31H31N3O3S. The largest absolute Gasteiger partial charge is 0.478 e. The molecule has 1 aliphatic rings. The van der Waals surface area contributed by atoms with Crippen molar-refractivity contribution in [3.05, 3.63) is 104 Å². The Bertz CT molecular complexity index is 1530. The van der Waals surface area contributed by atoms with Gasteiger partial charge in [-0.05, 0) is 87.9 Å². The number of carbonyl (C=O) groups excluding carboxylic acids is 1. The number of carbonyl (C=O) groups is 2. The third kappa shape index (κ3) is 5.20. The van der Waals surface area contributed by atoms with E-state index in [1.54, 1.807) is 35.6 Å². The number of rotatable bonds is 7. The summed E-state index contributed by atoms with van der Waals surface area (Å²) in [6.07, 6.45) is 6.06. The number of aromatic carboxylic acids is 1. The number of aliphatic imine (C=N–C) groups is 1. The van der Waals surface area contributed by atoms with E-state index in [1.807, 2.05) is 37.4 Å². The van der Waals surface area contributed by atoms with Gasteiger partial charge in [0.2, 0.25) is 0 Å². The van der Waals surface area contributed by atoms with Gasteiger partial charge in [0.25, 0.3) is 5.91 Å². The van der Waals surface area contributed by atoms with Crippen molar-refractivity contribution in [3.63, 3.8) is 0 Å². The summed E-state index contributed by atoms with van der Waals surface area (Å²) in [6, 6.07) is 16.8. The average Bonchev–Trinajstić information content (AvgIpc) is 3.41. The third-order valence-electron chi connectivity index (χ3n) is 7.07. The van der Waals surface area contributed by atoms with Crippen LogP contribution in [-0.4, -0.2) is 27.8 Å². The van der Waals surface area contributed by atoms with Crippen LogP contribution in [0.4, 0.5) is 5.69 Å². The van der Waals surface area contributed by atoms with E-state index in [1.165, 1.54) is 10.4 Å². The van der Waals surface area contributed by atoms with Crippen molar-refractivity contribution in [1.82, 2.24) is 4.57 Å². The minimum atomic E-state index is -0.935. The van der Waals surface area contributed by atoms with Gasteiger partial charge in [0.15, 0.2) is 0 Å². The normalized spacial score (nSPS) is 13.0. The Balaban J connectivity index is 1.45. The van der Waals surface area contributed by atoms with E-state index in [4.69, 9.17) is 5.11 Å². The molecule has 6 nitrogen and oxygen atoms in total. The minimum absolute atomic E-state index is 0.0595. The molecule has 0 radical (unpaired) electrons. The fourth-order valence-electron chi connectivity index (χ4n) is 5.01. The molecule has 194 valence electrons. The van der Waals surface area contributed by atoms with Crippen LogP contribution in [0.15, 0.2) is 59.6 Å². The van der Waals surface area contributed by atoms with Crippen LogP contribution in [0.3, 0.4) is 0 Å². The molecule has 5 rings (SSSR count). The number of aromatic nitrogens is 1. The van der Waals surface area contributed by atoms with E-state index < -0.39 is 5.97 Å². The molecule has 4 aromatic rings. The average molecular weight is 526 g/mol. The molecule has 0 saturated heterocycles. The number of carboxylic acid groups (broad SMARTS) is 1. The number of fused-ring (bicyclic) bond motifs is 1. The predicted molar refractivity (Wildman–Crippen MR) is 154 cm³/mol. The quantitative estimate of drug-likeness (QED) is 0.257. The highest BCUT2D eigenvalue weighted by Gasteiger charge is 2.28. The van der Waals surface area contributed by atoms with Gasteiger partial charge < -0.3 is 15.0 Å². The maximum absolute atomic E-state index is 13.7. The fourth-order valence-corrected chi connectivity index (χ4v) is 6.50. The molecule has 2 N–H and O–H groups in total. The number of carboxylic acids is 1. The zero-order valence-electron chi connectivity index (χ0n) is 21.9. The van der Waals surface area contributed by atoms with Crippen molar-refractivity contribution >= 4 is 35.1 Å². The molecule has 2 aromatic heterocycles. The number of thiophene rings is 1. The Morgan fingerprint density at radius 1 is 1.03 bits per heavy atom. The zero-order valence-corrected chi connectivity index (χ0v) is 22.7. The van der Waals surface area contributed by atoms with Crippen molar-refractivity contribution in [3.8, 4) is 5.00 Å². The second-order valence-electron chi connectivity index (χ2n) is 9.84. The highest BCUT2D eigenvalue weighted by molar-refractivity contribution is 7.15. The molecule has 7 heteroatoms. The number of benzene rings is 2. The highest BCUT2D eigenvalue weighted by Crippen LogP contribution is 2.39. The molecule has 0 atom stereocenters. The standard InChI is InChI=1S/C31H31N3O3S/c1-19-8-14-25(15-9-19)33-29(35)28-26-6-4-5-7-27(26)38-30(28)34-20(2)16-24(21(34)3)18-32-17-22-10-12-23(13-11-22)31(36)37/h8-16,18H,4-7,17H2,1-3H3,(H,33,35)(H,36,37). The van der Waals surface area contributed by atoms with E-state index >= 15 is 0 Å². The maximum Gasteiger partial charge on any atom is 0.335 e. The fraction of sp³-hybridized carbons (Fsp3) is 0.258. The number of anilines is 1. The lowest BCUT2D eigenvalue weighted by molar-refractivity contribution is 0.0696. The lowest BCUT2D eigenvalue weighted by Gasteiger charge is -2.14. The van der Waals surface area contributed by atoms with Gasteiger partial charge in [0.1, 0.15) is 5.00 Å². The van der Waals surface area contributed by atoms with Gasteiger partial charge >= 0.3 is 5.97 Å².